The van der Waals surface area contributed by atoms with Gasteiger partial charge >= 0.3 is 5.97 Å². The number of nitriles is 1. The predicted octanol–water partition coefficient (Wildman–Crippen LogP) is 0.966. The molecule has 1 aromatic carbocycles. The number of thioether (sulfide) groups is 1. The Kier molecular flexibility index (Phi) is 5.07. The molecule has 0 radical (unpaired) electrons. The Morgan fingerprint density at radius 1 is 1.46 bits per heavy atom. The van der Waals surface area contributed by atoms with Gasteiger partial charge in [-0.15, -0.1) is 0 Å². The van der Waals surface area contributed by atoms with E-state index in [0.29, 0.717) is 17.3 Å². The topological polar surface area (TPSA) is 148 Å². The molecule has 0 unspecified atom stereocenters. The van der Waals surface area contributed by atoms with Gasteiger partial charge in [-0.3, -0.25) is 14.9 Å². The van der Waals surface area contributed by atoms with Crippen LogP contribution in [0.5, 0.6) is 0 Å². The number of non-ortho nitro benzene ring substituents is 1. The lowest BCUT2D eigenvalue weighted by molar-refractivity contribution is -0.384. The molecule has 148 valence electrons. The molecule has 2 heterocycles. The summed E-state index contributed by atoms with van der Waals surface area (Å²) >= 11 is 0.696. The van der Waals surface area contributed by atoms with Crippen molar-refractivity contribution in [2.45, 2.75) is 36.1 Å². The molecule has 0 saturated carbocycles. The van der Waals surface area contributed by atoms with Crippen LogP contribution >= 0.6 is 11.8 Å². The van der Waals surface area contributed by atoms with Crippen LogP contribution in [0.2, 0.25) is 0 Å². The Hall–Kier alpha value is -2.65. The van der Waals surface area contributed by atoms with Crippen LogP contribution < -0.4 is 0 Å². The van der Waals surface area contributed by atoms with Crippen LogP contribution in [0.1, 0.15) is 18.9 Å². The van der Waals surface area contributed by atoms with Crippen molar-refractivity contribution < 1.29 is 27.7 Å². The fraction of sp³-hybridized carbons (Fsp3) is 0.438. The van der Waals surface area contributed by atoms with E-state index in [9.17, 15) is 28.1 Å². The normalized spacial score (nSPS) is 27.4. The van der Waals surface area contributed by atoms with Crippen LogP contribution in [0.15, 0.2) is 24.3 Å². The summed E-state index contributed by atoms with van der Waals surface area (Å²) < 4.78 is 29.2. The molecule has 1 aromatic rings. The first-order valence-corrected chi connectivity index (χ1v) is 10.6. The number of nitrogens with zero attached hydrogens (tertiary/aromatic N) is 3. The van der Waals surface area contributed by atoms with Crippen LogP contribution in [0.3, 0.4) is 0 Å². The monoisotopic (exact) mass is 425 g/mol. The van der Waals surface area contributed by atoms with Crippen LogP contribution in [0, 0.1) is 20.8 Å². The van der Waals surface area contributed by atoms with E-state index in [1.807, 2.05) is 0 Å². The minimum Gasteiger partial charge on any atom is -0.459 e. The van der Waals surface area contributed by atoms with Gasteiger partial charge in [-0.05, 0) is 36.4 Å². The number of β-lactam (4-membered cyclic amide) rings is 1. The molecule has 2 aliphatic heterocycles. The number of ether oxygens (including phenoxy) is 1. The zero-order chi connectivity index (χ0) is 20.7. The molecule has 0 spiro atoms. The highest BCUT2D eigenvalue weighted by Gasteiger charge is 2.70. The first-order chi connectivity index (χ1) is 13.1. The summed E-state index contributed by atoms with van der Waals surface area (Å²) in [5.41, 5.74) is 0.353. The molecule has 2 fully saturated rings. The van der Waals surface area contributed by atoms with E-state index in [2.05, 4.69) is 0 Å². The first kappa shape index (κ1) is 20.1. The summed E-state index contributed by atoms with van der Waals surface area (Å²) in [6.45, 7) is 1.11. The lowest BCUT2D eigenvalue weighted by Gasteiger charge is -2.36. The maximum Gasteiger partial charge on any atom is 0.330 e. The lowest BCUT2D eigenvalue weighted by Crippen LogP contribution is -2.58. The van der Waals surface area contributed by atoms with Gasteiger partial charge in [0.1, 0.15) is 22.1 Å². The molecule has 0 aromatic heterocycles. The van der Waals surface area contributed by atoms with E-state index in [0.717, 1.165) is 4.90 Å². The number of carbonyl (C=O) groups excluding carboxylic acids is 2. The van der Waals surface area contributed by atoms with Crippen molar-refractivity contribution in [2.24, 2.45) is 0 Å². The van der Waals surface area contributed by atoms with Crippen molar-refractivity contribution in [1.29, 1.82) is 5.26 Å². The highest BCUT2D eigenvalue weighted by molar-refractivity contribution is 8.05. The molecule has 0 aliphatic carbocycles. The first-order valence-electron chi connectivity index (χ1n) is 8.09. The van der Waals surface area contributed by atoms with Gasteiger partial charge in [0.15, 0.2) is 15.9 Å². The smallest absolute Gasteiger partial charge is 0.330 e. The van der Waals surface area contributed by atoms with Crippen LogP contribution in [0.25, 0.3) is 0 Å². The van der Waals surface area contributed by atoms with Gasteiger partial charge in [0.25, 0.3) is 5.69 Å². The zero-order valence-electron chi connectivity index (χ0n) is 14.6. The molecular weight excluding hydrogens is 410 g/mol. The predicted molar refractivity (Wildman–Crippen MR) is 97.3 cm³/mol. The van der Waals surface area contributed by atoms with Crippen LogP contribution in [-0.2, 0) is 30.8 Å². The summed E-state index contributed by atoms with van der Waals surface area (Å²) in [5, 5.41) is 20.2. The van der Waals surface area contributed by atoms with E-state index < -0.39 is 42.8 Å². The van der Waals surface area contributed by atoms with Crippen molar-refractivity contribution in [3.63, 3.8) is 0 Å². The second kappa shape index (κ2) is 7.06. The number of fused-ring (bicyclic) bond motifs is 1. The van der Waals surface area contributed by atoms with E-state index in [1.165, 1.54) is 31.2 Å². The zero-order valence-corrected chi connectivity index (χ0v) is 16.2. The Bertz CT molecular complexity index is 986. The number of esters is 1. The van der Waals surface area contributed by atoms with Crippen molar-refractivity contribution in [2.75, 3.05) is 5.75 Å². The number of amides is 1. The number of hydrogen-bond donors (Lipinski definition) is 0. The van der Waals surface area contributed by atoms with Crippen LogP contribution in [0.4, 0.5) is 5.69 Å². The van der Waals surface area contributed by atoms with Crippen molar-refractivity contribution in [3.8, 4) is 5.40 Å². The molecule has 3 rings (SSSR count). The van der Waals surface area contributed by atoms with Gasteiger partial charge in [-0.25, -0.2) is 13.2 Å². The Labute approximate surface area is 164 Å². The Balaban J connectivity index is 1.81. The summed E-state index contributed by atoms with van der Waals surface area (Å²) in [6.07, 6.45) is -0.193. The number of sulfone groups is 1. The summed E-state index contributed by atoms with van der Waals surface area (Å²) in [5.74, 6) is -1.53. The van der Waals surface area contributed by atoms with Crippen molar-refractivity contribution >= 4 is 39.2 Å². The van der Waals surface area contributed by atoms with Gasteiger partial charge in [-0.1, -0.05) is 0 Å². The third-order valence-electron chi connectivity index (χ3n) is 4.99. The molecule has 2 saturated heterocycles. The third kappa shape index (κ3) is 3.00. The largest absolute Gasteiger partial charge is 0.459 e. The number of rotatable bonds is 6. The van der Waals surface area contributed by atoms with Gasteiger partial charge in [0, 0.05) is 17.9 Å². The molecule has 10 nitrogen and oxygen atoms in total. The summed E-state index contributed by atoms with van der Waals surface area (Å²) in [6, 6.07) is 4.00. The molecule has 12 heteroatoms. The minimum absolute atomic E-state index is 0.118. The number of carbonyl (C=O) groups is 2. The number of nitro benzene ring substituents is 1. The van der Waals surface area contributed by atoms with E-state index in [1.54, 1.807) is 5.40 Å². The Morgan fingerprint density at radius 2 is 2.11 bits per heavy atom. The lowest BCUT2D eigenvalue weighted by atomic mass is 9.98. The van der Waals surface area contributed by atoms with E-state index >= 15 is 0 Å². The second-order valence-electron chi connectivity index (χ2n) is 6.63. The molecule has 1 amide bonds. The highest BCUT2D eigenvalue weighted by Crippen LogP contribution is 2.47. The molecule has 2 aliphatic rings. The van der Waals surface area contributed by atoms with Crippen molar-refractivity contribution in [1.82, 2.24) is 4.90 Å². The van der Waals surface area contributed by atoms with E-state index in [-0.39, 0.29) is 24.5 Å². The molecule has 0 N–H and O–H groups in total. The summed E-state index contributed by atoms with van der Waals surface area (Å²) in [4.78, 5) is 35.8. The van der Waals surface area contributed by atoms with E-state index in [4.69, 9.17) is 10.00 Å². The van der Waals surface area contributed by atoms with Gasteiger partial charge in [0.05, 0.1) is 11.3 Å². The number of benzene rings is 1. The average molecular weight is 425 g/mol. The number of hydrogen-bond acceptors (Lipinski definition) is 9. The second-order valence-corrected chi connectivity index (χ2v) is 9.96. The number of nitro groups is 1. The molecule has 3 atom stereocenters. The van der Waals surface area contributed by atoms with Gasteiger partial charge < -0.3 is 9.64 Å². The third-order valence-corrected chi connectivity index (χ3v) is 8.82. The molecule has 0 bridgehead atoms. The standard InChI is InChI=1S/C16H15N3O7S2/c1-16(8-27-9-17)14(18-12(20)6-13(18)28(16,24)25)15(21)26-7-10-2-4-11(5-3-10)19(22)23/h2-5,13-14H,6-8H2,1H3/t13-,14-,16-/m0/s1. The molecular formula is C16H15N3O7S2. The SMILES string of the molecule is C[C@]1(CSC#N)[C@H](C(=O)OCc2ccc([N+](=O)[O-])cc2)N2C(=O)C[C@@H]2S1(=O)=O. The van der Waals surface area contributed by atoms with Crippen LogP contribution in [-0.4, -0.2) is 52.0 Å². The Morgan fingerprint density at radius 3 is 2.64 bits per heavy atom. The molecule has 28 heavy (non-hydrogen) atoms. The minimum atomic E-state index is -3.87. The fourth-order valence-electron chi connectivity index (χ4n) is 3.38. The fourth-order valence-corrected chi connectivity index (χ4v) is 6.76. The summed E-state index contributed by atoms with van der Waals surface area (Å²) in [7, 11) is -3.87. The van der Waals surface area contributed by atoms with Gasteiger partial charge in [0.2, 0.25) is 5.91 Å². The number of thiocyanates is 1. The highest BCUT2D eigenvalue weighted by atomic mass is 32.2. The average Bonchev–Trinajstić information content (AvgIpc) is 2.79. The maximum atomic E-state index is 12.8. The maximum absolute atomic E-state index is 12.8. The van der Waals surface area contributed by atoms with Gasteiger partial charge in [-0.2, -0.15) is 5.26 Å². The quantitative estimate of drug-likeness (QED) is 0.214. The van der Waals surface area contributed by atoms with Crippen molar-refractivity contribution in [3.05, 3.63) is 39.9 Å².